The van der Waals surface area contributed by atoms with Crippen molar-refractivity contribution in [3.8, 4) is 5.75 Å². The zero-order valence-corrected chi connectivity index (χ0v) is 9.91. The summed E-state index contributed by atoms with van der Waals surface area (Å²) >= 11 is 0. The summed E-state index contributed by atoms with van der Waals surface area (Å²) in [5.41, 5.74) is -3.39. The molecule has 102 valence electrons. The highest BCUT2D eigenvalue weighted by Gasteiger charge is 2.23. The normalized spacial score (nSPS) is 10.4. The van der Waals surface area contributed by atoms with Gasteiger partial charge in [0.15, 0.2) is 22.7 Å². The lowest BCUT2D eigenvalue weighted by atomic mass is 10.0. The standard InChI is InChI=1S/C11H6N2O7/c1-3-4-2-5(10(15)16)11(17)20-9(4)7(13-19)8(14)6(3)12-18/h2,14H,1H3,(H,15,16). The van der Waals surface area contributed by atoms with Crippen LogP contribution >= 0.6 is 0 Å². The van der Waals surface area contributed by atoms with Crippen molar-refractivity contribution in [1.82, 2.24) is 0 Å². The number of carboxylic acid groups (broad SMARTS) is 1. The second-order valence-electron chi connectivity index (χ2n) is 3.85. The number of hydrogen-bond donors (Lipinski definition) is 2. The number of rotatable bonds is 3. The van der Waals surface area contributed by atoms with E-state index in [-0.39, 0.29) is 10.9 Å². The third-order valence-electron chi connectivity index (χ3n) is 2.78. The maximum atomic E-state index is 11.5. The Labute approximate surface area is 109 Å². The van der Waals surface area contributed by atoms with Gasteiger partial charge in [-0.15, -0.1) is 9.81 Å². The molecule has 0 saturated carbocycles. The molecule has 0 bridgehead atoms. The van der Waals surface area contributed by atoms with Gasteiger partial charge in [0.25, 0.3) is 0 Å². The number of benzene rings is 1. The Bertz CT molecular complexity index is 822. The van der Waals surface area contributed by atoms with Crippen molar-refractivity contribution < 1.29 is 19.4 Å². The Morgan fingerprint density at radius 3 is 2.35 bits per heavy atom. The van der Waals surface area contributed by atoms with E-state index in [0.29, 0.717) is 0 Å². The predicted molar refractivity (Wildman–Crippen MR) is 66.8 cm³/mol. The lowest BCUT2D eigenvalue weighted by Gasteiger charge is -2.07. The average Bonchev–Trinajstić information content (AvgIpc) is 2.39. The number of phenolic OH excluding ortho intramolecular Hbond substituents is 1. The number of fused-ring (bicyclic) bond motifs is 1. The highest BCUT2D eigenvalue weighted by molar-refractivity contribution is 6.01. The van der Waals surface area contributed by atoms with Crippen LogP contribution in [-0.2, 0) is 0 Å². The molecule has 0 aliphatic rings. The maximum absolute atomic E-state index is 11.5. The minimum atomic E-state index is -1.53. The van der Waals surface area contributed by atoms with Gasteiger partial charge in [0.1, 0.15) is 5.56 Å². The number of nitrogens with zero attached hydrogens (tertiary/aromatic N) is 2. The second kappa shape index (κ2) is 4.53. The van der Waals surface area contributed by atoms with Gasteiger partial charge >= 0.3 is 11.6 Å². The summed E-state index contributed by atoms with van der Waals surface area (Å²) in [6.07, 6.45) is 0. The smallest absolute Gasteiger partial charge is 0.351 e. The first-order valence-corrected chi connectivity index (χ1v) is 5.15. The molecule has 0 spiro atoms. The lowest BCUT2D eigenvalue weighted by molar-refractivity contribution is 0.0692. The molecule has 9 nitrogen and oxygen atoms in total. The van der Waals surface area contributed by atoms with Crippen molar-refractivity contribution in [3.05, 3.63) is 37.4 Å². The van der Waals surface area contributed by atoms with Gasteiger partial charge in [-0.1, -0.05) is 0 Å². The summed E-state index contributed by atoms with van der Waals surface area (Å²) in [7, 11) is 0. The van der Waals surface area contributed by atoms with E-state index in [1.807, 2.05) is 0 Å². The quantitative estimate of drug-likeness (QED) is 0.646. The molecule has 1 aromatic heterocycles. The first-order chi connectivity index (χ1) is 9.42. The predicted octanol–water partition coefficient (Wildman–Crippen LogP) is 2.30. The van der Waals surface area contributed by atoms with Gasteiger partial charge in [-0.05, 0) is 28.9 Å². The van der Waals surface area contributed by atoms with Crippen LogP contribution in [-0.4, -0.2) is 16.2 Å². The number of phenols is 1. The zero-order valence-electron chi connectivity index (χ0n) is 9.91. The molecule has 0 saturated heterocycles. The first kappa shape index (κ1) is 13.3. The number of carboxylic acids is 1. The zero-order chi connectivity index (χ0) is 15.0. The Kier molecular flexibility index (Phi) is 3.02. The minimum absolute atomic E-state index is 0.0241. The molecule has 0 aliphatic heterocycles. The number of aromatic carboxylic acids is 1. The lowest BCUT2D eigenvalue weighted by Crippen LogP contribution is -2.13. The largest absolute Gasteiger partial charge is 0.504 e. The Morgan fingerprint density at radius 1 is 1.25 bits per heavy atom. The van der Waals surface area contributed by atoms with Gasteiger partial charge in [0.2, 0.25) is 0 Å². The van der Waals surface area contributed by atoms with Gasteiger partial charge in [-0.2, -0.15) is 0 Å². The van der Waals surface area contributed by atoms with E-state index in [9.17, 15) is 24.5 Å². The fourth-order valence-electron chi connectivity index (χ4n) is 1.80. The molecule has 2 aromatic rings. The molecule has 2 rings (SSSR count). The van der Waals surface area contributed by atoms with Crippen LogP contribution in [0, 0.1) is 16.7 Å². The average molecular weight is 278 g/mol. The SMILES string of the molecule is Cc1c(N=O)c(O)c(N=O)c2oc(=O)c(C(=O)O)cc12. The van der Waals surface area contributed by atoms with Gasteiger partial charge in [-0.3, -0.25) is 0 Å². The summed E-state index contributed by atoms with van der Waals surface area (Å²) in [5, 5.41) is 23.5. The molecule has 0 amide bonds. The van der Waals surface area contributed by atoms with Crippen LogP contribution < -0.4 is 5.63 Å². The van der Waals surface area contributed by atoms with Crippen molar-refractivity contribution >= 4 is 28.3 Å². The van der Waals surface area contributed by atoms with Gasteiger partial charge in [0, 0.05) is 5.39 Å². The Hall–Kier alpha value is -3.10. The van der Waals surface area contributed by atoms with Gasteiger partial charge in [-0.25, -0.2) is 9.59 Å². The molecule has 1 aromatic carbocycles. The van der Waals surface area contributed by atoms with E-state index < -0.39 is 39.9 Å². The fraction of sp³-hybridized carbons (Fsp3) is 0.0909. The molecular weight excluding hydrogens is 272 g/mol. The molecule has 0 radical (unpaired) electrons. The van der Waals surface area contributed by atoms with Gasteiger partial charge in [0.05, 0.1) is 0 Å². The van der Waals surface area contributed by atoms with Crippen molar-refractivity contribution in [2.45, 2.75) is 6.92 Å². The van der Waals surface area contributed by atoms with Crippen LogP contribution in [0.25, 0.3) is 11.0 Å². The molecule has 2 N–H and O–H groups in total. The third-order valence-corrected chi connectivity index (χ3v) is 2.78. The van der Waals surface area contributed by atoms with E-state index >= 15 is 0 Å². The van der Waals surface area contributed by atoms with Crippen molar-refractivity contribution in [2.24, 2.45) is 10.4 Å². The minimum Gasteiger partial charge on any atom is -0.504 e. The number of aromatic hydroxyl groups is 1. The van der Waals surface area contributed by atoms with E-state index in [1.54, 1.807) is 0 Å². The molecule has 0 aliphatic carbocycles. The maximum Gasteiger partial charge on any atom is 0.351 e. The van der Waals surface area contributed by atoms with E-state index in [0.717, 1.165) is 6.07 Å². The number of carbonyl (C=O) groups is 1. The topological polar surface area (TPSA) is 147 Å². The first-order valence-electron chi connectivity index (χ1n) is 5.15. The summed E-state index contributed by atoms with van der Waals surface area (Å²) in [6.45, 7) is 1.35. The van der Waals surface area contributed by atoms with Crippen molar-refractivity contribution in [1.29, 1.82) is 0 Å². The number of nitroso groups, excluding NO2 is 2. The summed E-state index contributed by atoms with van der Waals surface area (Å²) in [4.78, 5) is 43.7. The van der Waals surface area contributed by atoms with Gasteiger partial charge < -0.3 is 14.6 Å². The van der Waals surface area contributed by atoms with Crippen LogP contribution in [0.15, 0.2) is 25.6 Å². The molecular formula is C11H6N2O7. The Morgan fingerprint density at radius 2 is 1.85 bits per heavy atom. The van der Waals surface area contributed by atoms with E-state index in [4.69, 9.17) is 9.52 Å². The van der Waals surface area contributed by atoms with Crippen LogP contribution in [0.5, 0.6) is 5.75 Å². The molecule has 20 heavy (non-hydrogen) atoms. The fourth-order valence-corrected chi connectivity index (χ4v) is 1.80. The second-order valence-corrected chi connectivity index (χ2v) is 3.85. The number of hydrogen-bond acceptors (Lipinski definition) is 8. The molecule has 0 unspecified atom stereocenters. The third kappa shape index (κ3) is 1.72. The summed E-state index contributed by atoms with van der Waals surface area (Å²) < 4.78 is 4.70. The summed E-state index contributed by atoms with van der Waals surface area (Å²) in [6, 6.07) is 0.932. The van der Waals surface area contributed by atoms with Crippen molar-refractivity contribution in [3.63, 3.8) is 0 Å². The monoisotopic (exact) mass is 278 g/mol. The molecule has 0 atom stereocenters. The number of aryl methyl sites for hydroxylation is 1. The highest BCUT2D eigenvalue weighted by atomic mass is 16.4. The Balaban J connectivity index is 3.10. The van der Waals surface area contributed by atoms with Crippen LogP contribution in [0.4, 0.5) is 11.4 Å². The highest BCUT2D eigenvalue weighted by Crippen LogP contribution is 2.45. The van der Waals surface area contributed by atoms with E-state index in [2.05, 4.69) is 10.4 Å². The summed E-state index contributed by atoms with van der Waals surface area (Å²) in [5.74, 6) is -2.36. The van der Waals surface area contributed by atoms with Crippen molar-refractivity contribution in [2.75, 3.05) is 0 Å². The van der Waals surface area contributed by atoms with Crippen LogP contribution in [0.3, 0.4) is 0 Å². The van der Waals surface area contributed by atoms with E-state index in [1.165, 1.54) is 6.92 Å². The van der Waals surface area contributed by atoms with Crippen LogP contribution in [0.2, 0.25) is 0 Å². The molecule has 9 heteroatoms. The van der Waals surface area contributed by atoms with Crippen LogP contribution in [0.1, 0.15) is 15.9 Å². The molecule has 0 fully saturated rings. The molecule has 1 heterocycles.